The lowest BCUT2D eigenvalue weighted by Crippen LogP contribution is -2.31. The quantitative estimate of drug-likeness (QED) is 0.649. The molecule has 1 aliphatic carbocycles. The molecule has 1 saturated carbocycles. The molecule has 2 aromatic carbocycles. The zero-order chi connectivity index (χ0) is 18.3. The third kappa shape index (κ3) is 2.85. The van der Waals surface area contributed by atoms with E-state index in [1.165, 1.54) is 18.2 Å². The third-order valence-electron chi connectivity index (χ3n) is 5.13. The van der Waals surface area contributed by atoms with Crippen molar-refractivity contribution in [1.29, 1.82) is 0 Å². The number of benzene rings is 2. The number of amides is 1. The van der Waals surface area contributed by atoms with Crippen molar-refractivity contribution in [3.05, 3.63) is 59.4 Å². The Morgan fingerprint density at radius 2 is 1.81 bits per heavy atom. The van der Waals surface area contributed by atoms with Crippen LogP contribution in [0.25, 0.3) is 22.2 Å². The van der Waals surface area contributed by atoms with E-state index in [-0.39, 0.29) is 17.3 Å². The van der Waals surface area contributed by atoms with E-state index in [2.05, 4.69) is 10.3 Å². The molecule has 0 aliphatic heterocycles. The van der Waals surface area contributed by atoms with E-state index in [9.17, 15) is 18.0 Å². The van der Waals surface area contributed by atoms with Crippen LogP contribution in [0.15, 0.2) is 36.4 Å². The first kappa shape index (κ1) is 16.7. The predicted octanol–water partition coefficient (Wildman–Crippen LogP) is 4.49. The van der Waals surface area contributed by atoms with Crippen molar-refractivity contribution in [3.8, 4) is 11.3 Å². The minimum atomic E-state index is -0.645. The molecule has 3 nitrogen and oxygen atoms in total. The standard InChI is InChI=1S/C20H17F3N2O/c21-14-3-1-12(2-4-14)19-18(13-5-11(6-13)9-24-10-26)16-7-15(22)8-17(23)20(16)25-19/h1-4,7-8,10-11,13,25H,5-6,9H2,(H,24,26). The van der Waals surface area contributed by atoms with Crippen LogP contribution in [0.1, 0.15) is 24.3 Å². The summed E-state index contributed by atoms with van der Waals surface area (Å²) in [5.74, 6) is -1.15. The summed E-state index contributed by atoms with van der Waals surface area (Å²) in [4.78, 5) is 13.5. The molecule has 3 aromatic rings. The number of hydrogen-bond acceptors (Lipinski definition) is 1. The van der Waals surface area contributed by atoms with Crippen LogP contribution in [-0.2, 0) is 4.79 Å². The number of rotatable bonds is 5. The van der Waals surface area contributed by atoms with Gasteiger partial charge in [0, 0.05) is 18.0 Å². The van der Waals surface area contributed by atoms with Crippen LogP contribution in [0.3, 0.4) is 0 Å². The fourth-order valence-corrected chi connectivity index (χ4v) is 3.86. The first-order valence-electron chi connectivity index (χ1n) is 8.50. The zero-order valence-electron chi connectivity index (χ0n) is 13.9. The number of aromatic amines is 1. The monoisotopic (exact) mass is 358 g/mol. The van der Waals surface area contributed by atoms with Gasteiger partial charge in [-0.05, 0) is 66.1 Å². The SMILES string of the molecule is O=CNCC1CC(c2c(-c3ccc(F)cc3)[nH]c3c(F)cc(F)cc23)C1. The molecule has 0 saturated heterocycles. The lowest BCUT2D eigenvalue weighted by Gasteiger charge is -2.36. The number of halogens is 3. The van der Waals surface area contributed by atoms with Gasteiger partial charge in [-0.1, -0.05) is 0 Å². The maximum Gasteiger partial charge on any atom is 0.207 e. The molecule has 1 amide bonds. The summed E-state index contributed by atoms with van der Waals surface area (Å²) >= 11 is 0. The Kier molecular flexibility index (Phi) is 4.18. The Balaban J connectivity index is 1.79. The molecule has 2 N–H and O–H groups in total. The summed E-state index contributed by atoms with van der Waals surface area (Å²) in [6, 6.07) is 8.14. The molecule has 1 aromatic heterocycles. The highest BCUT2D eigenvalue weighted by atomic mass is 19.1. The van der Waals surface area contributed by atoms with Gasteiger partial charge < -0.3 is 10.3 Å². The molecule has 1 fully saturated rings. The molecule has 0 spiro atoms. The van der Waals surface area contributed by atoms with Crippen LogP contribution in [-0.4, -0.2) is 17.9 Å². The predicted molar refractivity (Wildman–Crippen MR) is 93.1 cm³/mol. The van der Waals surface area contributed by atoms with E-state index in [1.54, 1.807) is 12.1 Å². The molecular weight excluding hydrogens is 341 g/mol. The number of aromatic nitrogens is 1. The smallest absolute Gasteiger partial charge is 0.207 e. The van der Waals surface area contributed by atoms with Gasteiger partial charge in [0.25, 0.3) is 0 Å². The number of H-pyrrole nitrogens is 1. The first-order chi connectivity index (χ1) is 12.6. The number of carbonyl (C=O) groups is 1. The lowest BCUT2D eigenvalue weighted by molar-refractivity contribution is -0.109. The molecule has 134 valence electrons. The van der Waals surface area contributed by atoms with Gasteiger partial charge in [-0.2, -0.15) is 0 Å². The topological polar surface area (TPSA) is 44.9 Å². The maximum atomic E-state index is 14.3. The van der Waals surface area contributed by atoms with Crippen molar-refractivity contribution < 1.29 is 18.0 Å². The van der Waals surface area contributed by atoms with Gasteiger partial charge >= 0.3 is 0 Å². The van der Waals surface area contributed by atoms with Gasteiger partial charge in [-0.15, -0.1) is 0 Å². The van der Waals surface area contributed by atoms with Crippen molar-refractivity contribution >= 4 is 17.3 Å². The van der Waals surface area contributed by atoms with E-state index in [0.29, 0.717) is 30.0 Å². The molecule has 6 heteroatoms. The molecule has 0 radical (unpaired) electrons. The highest BCUT2D eigenvalue weighted by molar-refractivity contribution is 5.92. The van der Waals surface area contributed by atoms with Crippen molar-refractivity contribution in [2.75, 3.05) is 6.54 Å². The third-order valence-corrected chi connectivity index (χ3v) is 5.13. The molecule has 1 heterocycles. The van der Waals surface area contributed by atoms with Gasteiger partial charge in [0.05, 0.1) is 11.2 Å². The first-order valence-corrected chi connectivity index (χ1v) is 8.50. The highest BCUT2D eigenvalue weighted by Crippen LogP contribution is 2.48. The summed E-state index contributed by atoms with van der Waals surface area (Å²) in [5, 5.41) is 3.20. The normalized spacial score (nSPS) is 19.3. The Morgan fingerprint density at radius 3 is 2.50 bits per heavy atom. The van der Waals surface area contributed by atoms with Crippen LogP contribution in [0, 0.1) is 23.4 Å². The van der Waals surface area contributed by atoms with Crippen LogP contribution < -0.4 is 5.32 Å². The second kappa shape index (κ2) is 6.52. The maximum absolute atomic E-state index is 14.3. The number of nitrogens with one attached hydrogen (secondary N) is 2. The summed E-state index contributed by atoms with van der Waals surface area (Å²) in [5.41, 5.74) is 2.53. The molecule has 4 rings (SSSR count). The average molecular weight is 358 g/mol. The summed E-state index contributed by atoms with van der Waals surface area (Å²) in [6.45, 7) is 0.594. The minimum Gasteiger partial charge on any atom is -0.358 e. The minimum absolute atomic E-state index is 0.128. The van der Waals surface area contributed by atoms with Gasteiger partial charge in [0.2, 0.25) is 6.41 Å². The van der Waals surface area contributed by atoms with Gasteiger partial charge in [-0.3, -0.25) is 4.79 Å². The Bertz CT molecular complexity index is 959. The van der Waals surface area contributed by atoms with E-state index in [0.717, 1.165) is 30.0 Å². The summed E-state index contributed by atoms with van der Waals surface area (Å²) in [6.07, 6.45) is 2.31. The van der Waals surface area contributed by atoms with Crippen LogP contribution in [0.5, 0.6) is 0 Å². The second-order valence-electron chi connectivity index (χ2n) is 6.79. The lowest BCUT2D eigenvalue weighted by atomic mass is 9.70. The molecule has 0 unspecified atom stereocenters. The number of fused-ring (bicyclic) bond motifs is 1. The van der Waals surface area contributed by atoms with Crippen molar-refractivity contribution in [1.82, 2.24) is 10.3 Å². The van der Waals surface area contributed by atoms with Crippen molar-refractivity contribution in [3.63, 3.8) is 0 Å². The van der Waals surface area contributed by atoms with Gasteiger partial charge in [0.15, 0.2) is 0 Å². The molecule has 26 heavy (non-hydrogen) atoms. The van der Waals surface area contributed by atoms with Gasteiger partial charge in [0.1, 0.15) is 17.5 Å². The van der Waals surface area contributed by atoms with E-state index in [4.69, 9.17) is 0 Å². The fraction of sp³-hybridized carbons (Fsp3) is 0.250. The van der Waals surface area contributed by atoms with Crippen LogP contribution in [0.2, 0.25) is 0 Å². The summed E-state index contributed by atoms with van der Waals surface area (Å²) in [7, 11) is 0. The number of carbonyl (C=O) groups excluding carboxylic acids is 1. The Labute approximate surface area is 148 Å². The largest absolute Gasteiger partial charge is 0.358 e. The van der Waals surface area contributed by atoms with Crippen molar-refractivity contribution in [2.24, 2.45) is 5.92 Å². The van der Waals surface area contributed by atoms with E-state index in [1.807, 2.05) is 0 Å². The van der Waals surface area contributed by atoms with Crippen molar-refractivity contribution in [2.45, 2.75) is 18.8 Å². The second-order valence-corrected chi connectivity index (χ2v) is 6.79. The van der Waals surface area contributed by atoms with E-state index >= 15 is 0 Å². The molecule has 0 bridgehead atoms. The highest BCUT2D eigenvalue weighted by Gasteiger charge is 2.34. The molecule has 1 aliphatic rings. The molecule has 0 atom stereocenters. The van der Waals surface area contributed by atoms with Crippen LogP contribution >= 0.6 is 0 Å². The van der Waals surface area contributed by atoms with Crippen LogP contribution in [0.4, 0.5) is 13.2 Å². The molecular formula is C20H17F3N2O. The summed E-state index contributed by atoms with van der Waals surface area (Å²) < 4.78 is 41.4. The zero-order valence-corrected chi connectivity index (χ0v) is 13.9. The fourth-order valence-electron chi connectivity index (χ4n) is 3.86. The Hall–Kier alpha value is -2.76. The van der Waals surface area contributed by atoms with Gasteiger partial charge in [-0.25, -0.2) is 13.2 Å². The average Bonchev–Trinajstić information content (AvgIpc) is 2.94. The number of hydrogen-bond donors (Lipinski definition) is 2. The van der Waals surface area contributed by atoms with E-state index < -0.39 is 11.6 Å². The Morgan fingerprint density at radius 1 is 1.08 bits per heavy atom.